The van der Waals surface area contributed by atoms with Crippen LogP contribution in [0, 0.1) is 17.6 Å². The van der Waals surface area contributed by atoms with E-state index in [2.05, 4.69) is 21.2 Å². The van der Waals surface area contributed by atoms with Crippen LogP contribution in [0.4, 0.5) is 8.78 Å². The van der Waals surface area contributed by atoms with Crippen molar-refractivity contribution in [3.05, 3.63) is 75.8 Å². The van der Waals surface area contributed by atoms with Crippen LogP contribution in [-0.4, -0.2) is 30.4 Å². The van der Waals surface area contributed by atoms with Gasteiger partial charge in [-0.15, -0.1) is 0 Å². The van der Waals surface area contributed by atoms with Crippen LogP contribution in [0.15, 0.2) is 53.0 Å². The second-order valence-electron chi connectivity index (χ2n) is 7.06. The molecule has 0 spiro atoms. The van der Waals surface area contributed by atoms with Gasteiger partial charge in [-0.3, -0.25) is 4.79 Å². The van der Waals surface area contributed by atoms with Gasteiger partial charge in [-0.2, -0.15) is 0 Å². The summed E-state index contributed by atoms with van der Waals surface area (Å²) in [5, 5.41) is 3.27. The smallest absolute Gasteiger partial charge is 0.246 e. The van der Waals surface area contributed by atoms with Crippen LogP contribution in [0.1, 0.15) is 24.0 Å². The number of carbonyl (C=O) groups excluding carboxylic acids is 1. The monoisotopic (exact) mass is 448 g/mol. The lowest BCUT2D eigenvalue weighted by atomic mass is 9.96. The summed E-state index contributed by atoms with van der Waals surface area (Å²) in [5.74, 6) is -0.623. The van der Waals surface area contributed by atoms with Crippen molar-refractivity contribution in [1.29, 1.82) is 0 Å². The highest BCUT2D eigenvalue weighted by atomic mass is 79.9. The average molecular weight is 449 g/mol. The Bertz CT molecular complexity index is 811. The van der Waals surface area contributed by atoms with Gasteiger partial charge in [0, 0.05) is 36.2 Å². The maximum atomic E-state index is 13.2. The third kappa shape index (κ3) is 6.24. The van der Waals surface area contributed by atoms with Crippen molar-refractivity contribution in [2.24, 2.45) is 5.92 Å². The van der Waals surface area contributed by atoms with E-state index in [4.69, 9.17) is 0 Å². The first-order valence-electron chi connectivity index (χ1n) is 9.38. The van der Waals surface area contributed by atoms with E-state index < -0.39 is 11.6 Å². The van der Waals surface area contributed by atoms with E-state index in [1.54, 1.807) is 6.08 Å². The van der Waals surface area contributed by atoms with E-state index in [1.165, 1.54) is 12.1 Å². The summed E-state index contributed by atoms with van der Waals surface area (Å²) in [6.45, 7) is 2.66. The molecular weight excluding hydrogens is 426 g/mol. The maximum Gasteiger partial charge on any atom is 0.246 e. The minimum Gasteiger partial charge on any atom is -0.339 e. The first-order valence-corrected chi connectivity index (χ1v) is 10.2. The van der Waals surface area contributed by atoms with Gasteiger partial charge in [-0.1, -0.05) is 28.1 Å². The molecule has 1 aliphatic heterocycles. The number of amides is 1. The summed E-state index contributed by atoms with van der Waals surface area (Å²) in [6, 6.07) is 11.4. The second-order valence-corrected chi connectivity index (χ2v) is 7.98. The maximum absolute atomic E-state index is 13.2. The van der Waals surface area contributed by atoms with Gasteiger partial charge in [-0.05, 0) is 66.8 Å². The van der Waals surface area contributed by atoms with Crippen molar-refractivity contribution in [2.45, 2.75) is 19.4 Å². The number of piperidine rings is 1. The van der Waals surface area contributed by atoms with Crippen molar-refractivity contribution in [3.63, 3.8) is 0 Å². The lowest BCUT2D eigenvalue weighted by Crippen LogP contribution is -2.40. The van der Waals surface area contributed by atoms with Crippen LogP contribution in [0.2, 0.25) is 0 Å². The molecule has 1 aliphatic rings. The molecule has 1 heterocycles. The number of nitrogens with zero attached hydrogens (tertiary/aromatic N) is 1. The molecule has 6 heteroatoms. The summed E-state index contributed by atoms with van der Waals surface area (Å²) < 4.78 is 27.4. The van der Waals surface area contributed by atoms with Crippen LogP contribution in [-0.2, 0) is 11.3 Å². The van der Waals surface area contributed by atoms with E-state index in [0.717, 1.165) is 48.6 Å². The fourth-order valence-corrected chi connectivity index (χ4v) is 3.60. The Morgan fingerprint density at radius 1 is 1.11 bits per heavy atom. The molecule has 0 aromatic heterocycles. The lowest BCUT2D eigenvalue weighted by Gasteiger charge is -2.31. The van der Waals surface area contributed by atoms with Gasteiger partial charge in [0.1, 0.15) is 11.6 Å². The van der Waals surface area contributed by atoms with Crippen LogP contribution >= 0.6 is 15.9 Å². The summed E-state index contributed by atoms with van der Waals surface area (Å²) >= 11 is 3.39. The molecule has 1 saturated heterocycles. The van der Waals surface area contributed by atoms with E-state index >= 15 is 0 Å². The number of hydrogen-bond acceptors (Lipinski definition) is 2. The Balaban J connectivity index is 1.40. The minimum atomic E-state index is -0.556. The number of hydrogen-bond donors (Lipinski definition) is 1. The zero-order valence-electron chi connectivity index (χ0n) is 15.5. The number of halogens is 3. The van der Waals surface area contributed by atoms with E-state index in [9.17, 15) is 13.6 Å². The molecule has 0 radical (unpaired) electrons. The zero-order chi connectivity index (χ0) is 19.9. The number of carbonyl (C=O) groups is 1. The Labute approximate surface area is 172 Å². The molecule has 28 heavy (non-hydrogen) atoms. The molecule has 1 amide bonds. The average Bonchev–Trinajstić information content (AvgIpc) is 2.67. The first-order chi connectivity index (χ1) is 13.5. The second kappa shape index (κ2) is 9.94. The van der Waals surface area contributed by atoms with Gasteiger partial charge in [0.05, 0.1) is 0 Å². The molecule has 0 bridgehead atoms. The fourth-order valence-electron chi connectivity index (χ4n) is 3.34. The molecule has 0 atom stereocenters. The van der Waals surface area contributed by atoms with Crippen LogP contribution in [0.25, 0.3) is 6.08 Å². The quantitative estimate of drug-likeness (QED) is 0.645. The number of rotatable bonds is 6. The highest BCUT2D eigenvalue weighted by Gasteiger charge is 2.21. The third-order valence-electron chi connectivity index (χ3n) is 4.90. The van der Waals surface area contributed by atoms with Crippen molar-refractivity contribution in [2.75, 3.05) is 19.6 Å². The molecule has 0 unspecified atom stereocenters. The van der Waals surface area contributed by atoms with Crippen molar-refractivity contribution < 1.29 is 13.6 Å². The topological polar surface area (TPSA) is 32.3 Å². The van der Waals surface area contributed by atoms with Gasteiger partial charge in [-0.25, -0.2) is 8.78 Å². The van der Waals surface area contributed by atoms with E-state index in [-0.39, 0.29) is 5.91 Å². The van der Waals surface area contributed by atoms with Crippen LogP contribution < -0.4 is 5.32 Å². The van der Waals surface area contributed by atoms with Gasteiger partial charge in [0.2, 0.25) is 5.91 Å². The molecule has 0 aliphatic carbocycles. The Morgan fingerprint density at radius 3 is 2.39 bits per heavy atom. The van der Waals surface area contributed by atoms with Crippen LogP contribution in [0.3, 0.4) is 0 Å². The summed E-state index contributed by atoms with van der Waals surface area (Å²) in [4.78, 5) is 14.2. The van der Waals surface area contributed by atoms with Gasteiger partial charge >= 0.3 is 0 Å². The molecule has 1 fully saturated rings. The van der Waals surface area contributed by atoms with Crippen molar-refractivity contribution in [1.82, 2.24) is 10.2 Å². The molecule has 148 valence electrons. The number of nitrogens with one attached hydrogen (secondary N) is 1. The highest BCUT2D eigenvalue weighted by Crippen LogP contribution is 2.18. The van der Waals surface area contributed by atoms with Gasteiger partial charge in [0.15, 0.2) is 0 Å². The van der Waals surface area contributed by atoms with Gasteiger partial charge in [0.25, 0.3) is 0 Å². The Morgan fingerprint density at radius 2 is 1.75 bits per heavy atom. The fraction of sp³-hybridized carbons (Fsp3) is 0.318. The molecule has 0 saturated carbocycles. The van der Waals surface area contributed by atoms with E-state index in [1.807, 2.05) is 35.2 Å². The third-order valence-corrected chi connectivity index (χ3v) is 5.43. The SMILES string of the molecule is O=C(C=Cc1ccc(Br)cc1)N1CCC(CNCc2cc(F)cc(F)c2)CC1. The Kier molecular flexibility index (Phi) is 7.34. The minimum absolute atomic E-state index is 0.0320. The number of likely N-dealkylation sites (tertiary alicyclic amines) is 1. The highest BCUT2D eigenvalue weighted by molar-refractivity contribution is 9.10. The standard InChI is InChI=1S/C22H23BrF2N2O/c23-19-4-1-16(2-5-19)3-6-22(28)27-9-7-17(8-10-27)14-26-15-18-11-20(24)13-21(25)12-18/h1-6,11-13,17,26H,7-10,14-15H2. The predicted octanol–water partition coefficient (Wildman–Crippen LogP) is 4.77. The zero-order valence-corrected chi connectivity index (χ0v) is 17.1. The largest absolute Gasteiger partial charge is 0.339 e. The molecule has 1 N–H and O–H groups in total. The summed E-state index contributed by atoms with van der Waals surface area (Å²) in [6.07, 6.45) is 5.30. The molecule has 2 aromatic rings. The predicted molar refractivity (Wildman–Crippen MR) is 111 cm³/mol. The Hall–Kier alpha value is -2.05. The van der Waals surface area contributed by atoms with Crippen LogP contribution in [0.5, 0.6) is 0 Å². The van der Waals surface area contributed by atoms with E-state index in [0.29, 0.717) is 18.0 Å². The molecule has 3 nitrogen and oxygen atoms in total. The van der Waals surface area contributed by atoms with Crippen molar-refractivity contribution >= 4 is 27.9 Å². The van der Waals surface area contributed by atoms with Crippen molar-refractivity contribution in [3.8, 4) is 0 Å². The first kappa shape index (κ1) is 20.7. The normalized spacial score (nSPS) is 15.3. The molecule has 3 rings (SSSR count). The molecular formula is C22H23BrF2N2O. The lowest BCUT2D eigenvalue weighted by molar-refractivity contribution is -0.127. The van der Waals surface area contributed by atoms with Gasteiger partial charge < -0.3 is 10.2 Å². The summed E-state index contributed by atoms with van der Waals surface area (Å²) in [7, 11) is 0. The molecule has 2 aromatic carbocycles. The summed E-state index contributed by atoms with van der Waals surface area (Å²) in [5.41, 5.74) is 1.59. The number of benzene rings is 2.